The summed E-state index contributed by atoms with van der Waals surface area (Å²) in [5, 5.41) is 10.0. The van der Waals surface area contributed by atoms with Gasteiger partial charge in [-0.2, -0.15) is 0 Å². The van der Waals surface area contributed by atoms with Crippen molar-refractivity contribution < 1.29 is 19.4 Å². The molecule has 8 nitrogen and oxygen atoms in total. The third-order valence-corrected chi connectivity index (χ3v) is 6.62. The second-order valence-corrected chi connectivity index (χ2v) is 9.15. The van der Waals surface area contributed by atoms with E-state index >= 15 is 0 Å². The molecule has 0 saturated carbocycles. The molecule has 2 aromatic carbocycles. The predicted molar refractivity (Wildman–Crippen MR) is 131 cm³/mol. The number of rotatable bonds is 7. The SMILES string of the molecule is COC(=O)N1c2ccc3c(nc(C[C@@H](C(=O)O)c4ccccc4)n3CCN(C)C)c2CC[C@@H]1C. The number of carbonyl (C=O) groups is 2. The van der Waals surface area contributed by atoms with E-state index in [-0.39, 0.29) is 18.6 Å². The first-order valence-corrected chi connectivity index (χ1v) is 11.6. The van der Waals surface area contributed by atoms with Crippen LogP contribution in [0, 0.1) is 0 Å². The lowest BCUT2D eigenvalue weighted by Crippen LogP contribution is -2.42. The summed E-state index contributed by atoms with van der Waals surface area (Å²) in [5.41, 5.74) is 4.39. The molecule has 0 aliphatic carbocycles. The highest BCUT2D eigenvalue weighted by atomic mass is 16.5. The minimum Gasteiger partial charge on any atom is -0.481 e. The van der Waals surface area contributed by atoms with Crippen LogP contribution in [0.3, 0.4) is 0 Å². The van der Waals surface area contributed by atoms with Crippen LogP contribution in [0.25, 0.3) is 11.0 Å². The number of hydrogen-bond acceptors (Lipinski definition) is 5. The molecule has 0 bridgehead atoms. The molecule has 8 heteroatoms. The fourth-order valence-corrected chi connectivity index (χ4v) is 4.77. The minimum atomic E-state index is -0.870. The van der Waals surface area contributed by atoms with E-state index in [9.17, 15) is 14.7 Å². The molecule has 180 valence electrons. The molecular weight excluding hydrogens is 432 g/mol. The Balaban J connectivity index is 1.83. The molecule has 0 saturated heterocycles. The Labute approximate surface area is 199 Å². The van der Waals surface area contributed by atoms with Gasteiger partial charge in [0.25, 0.3) is 0 Å². The van der Waals surface area contributed by atoms with Gasteiger partial charge in [-0.25, -0.2) is 9.78 Å². The normalized spacial score (nSPS) is 16.5. The molecule has 1 aliphatic heterocycles. The van der Waals surface area contributed by atoms with Crippen molar-refractivity contribution in [3.05, 3.63) is 59.4 Å². The van der Waals surface area contributed by atoms with E-state index in [0.717, 1.165) is 53.1 Å². The van der Waals surface area contributed by atoms with Gasteiger partial charge in [-0.3, -0.25) is 9.69 Å². The summed E-state index contributed by atoms with van der Waals surface area (Å²) in [7, 11) is 5.42. The number of aryl methyl sites for hydroxylation is 1. The molecule has 1 aromatic heterocycles. The fourth-order valence-electron chi connectivity index (χ4n) is 4.77. The van der Waals surface area contributed by atoms with Gasteiger partial charge in [0.1, 0.15) is 5.82 Å². The van der Waals surface area contributed by atoms with E-state index in [0.29, 0.717) is 6.54 Å². The summed E-state index contributed by atoms with van der Waals surface area (Å²) in [4.78, 5) is 33.5. The minimum absolute atomic E-state index is 0.0298. The zero-order chi connectivity index (χ0) is 24.4. The molecule has 3 aromatic rings. The van der Waals surface area contributed by atoms with Gasteiger partial charge in [0, 0.05) is 31.1 Å². The van der Waals surface area contributed by atoms with Crippen molar-refractivity contribution in [2.24, 2.45) is 0 Å². The molecule has 0 unspecified atom stereocenters. The number of hydrogen-bond donors (Lipinski definition) is 1. The maximum atomic E-state index is 12.5. The first-order chi connectivity index (χ1) is 16.3. The van der Waals surface area contributed by atoms with Crippen molar-refractivity contribution in [1.29, 1.82) is 0 Å². The third-order valence-electron chi connectivity index (χ3n) is 6.62. The Kier molecular flexibility index (Phi) is 6.88. The van der Waals surface area contributed by atoms with Crippen molar-refractivity contribution in [2.75, 3.05) is 32.6 Å². The van der Waals surface area contributed by atoms with E-state index in [1.165, 1.54) is 7.11 Å². The van der Waals surface area contributed by atoms with Gasteiger partial charge in [-0.1, -0.05) is 30.3 Å². The quantitative estimate of drug-likeness (QED) is 0.570. The topological polar surface area (TPSA) is 87.9 Å². The standard InChI is InChI=1S/C26H32N4O4/c1-17-10-11-19-21(30(17)26(33)34-4)12-13-22-24(19)27-23(29(22)15-14-28(2)3)16-20(25(31)32)18-8-6-5-7-9-18/h5-9,12-13,17,20H,10-11,14-16H2,1-4H3,(H,31,32)/t17-,20+/m0/s1. The summed E-state index contributed by atoms with van der Waals surface area (Å²) in [5.74, 6) is -0.826. The molecule has 1 amide bonds. The number of fused-ring (bicyclic) bond motifs is 3. The smallest absolute Gasteiger partial charge is 0.414 e. The van der Waals surface area contributed by atoms with E-state index in [2.05, 4.69) is 9.47 Å². The number of methoxy groups -OCH3 is 1. The van der Waals surface area contributed by atoms with Crippen LogP contribution < -0.4 is 4.90 Å². The number of anilines is 1. The lowest BCUT2D eigenvalue weighted by Gasteiger charge is -2.34. The largest absolute Gasteiger partial charge is 0.481 e. The maximum absolute atomic E-state index is 12.5. The molecule has 2 heterocycles. The van der Waals surface area contributed by atoms with Crippen LogP contribution in [-0.4, -0.2) is 65.4 Å². The number of amides is 1. The van der Waals surface area contributed by atoms with Crippen LogP contribution >= 0.6 is 0 Å². The number of carboxylic acids is 1. The van der Waals surface area contributed by atoms with Crippen LogP contribution in [0.4, 0.5) is 10.5 Å². The zero-order valence-electron chi connectivity index (χ0n) is 20.2. The maximum Gasteiger partial charge on any atom is 0.414 e. The average Bonchev–Trinajstić information content (AvgIpc) is 3.18. The predicted octanol–water partition coefficient (Wildman–Crippen LogP) is 3.92. The Hall–Kier alpha value is -3.39. The van der Waals surface area contributed by atoms with Gasteiger partial charge in [0.15, 0.2) is 0 Å². The molecule has 1 N–H and O–H groups in total. The van der Waals surface area contributed by atoms with Crippen LogP contribution in [0.1, 0.15) is 36.2 Å². The number of benzene rings is 2. The second-order valence-electron chi connectivity index (χ2n) is 9.15. The third kappa shape index (κ3) is 4.50. The van der Waals surface area contributed by atoms with Gasteiger partial charge < -0.3 is 19.3 Å². The van der Waals surface area contributed by atoms with E-state index in [1.807, 2.05) is 63.5 Å². The van der Waals surface area contributed by atoms with Crippen molar-refractivity contribution in [2.45, 2.75) is 44.7 Å². The Morgan fingerprint density at radius 2 is 1.94 bits per heavy atom. The number of aliphatic carboxylic acids is 1. The van der Waals surface area contributed by atoms with E-state index < -0.39 is 11.9 Å². The van der Waals surface area contributed by atoms with Crippen molar-refractivity contribution in [3.63, 3.8) is 0 Å². The van der Waals surface area contributed by atoms with Gasteiger partial charge in [-0.15, -0.1) is 0 Å². The van der Waals surface area contributed by atoms with E-state index in [4.69, 9.17) is 9.72 Å². The molecule has 1 aliphatic rings. The van der Waals surface area contributed by atoms with E-state index in [1.54, 1.807) is 4.90 Å². The average molecular weight is 465 g/mol. The molecule has 0 radical (unpaired) electrons. The Morgan fingerprint density at radius 3 is 2.59 bits per heavy atom. The number of carbonyl (C=O) groups excluding carboxylic acids is 1. The number of ether oxygens (including phenoxy) is 1. The summed E-state index contributed by atoms with van der Waals surface area (Å²) in [6, 6.07) is 13.3. The molecule has 0 spiro atoms. The summed E-state index contributed by atoms with van der Waals surface area (Å²) in [6.45, 7) is 3.50. The van der Waals surface area contributed by atoms with Gasteiger partial charge in [0.05, 0.1) is 29.7 Å². The zero-order valence-corrected chi connectivity index (χ0v) is 20.2. The number of carboxylic acid groups (broad SMARTS) is 1. The number of nitrogens with zero attached hydrogens (tertiary/aromatic N) is 4. The molecule has 4 rings (SSSR count). The van der Waals surface area contributed by atoms with Crippen LogP contribution in [0.5, 0.6) is 0 Å². The summed E-state index contributed by atoms with van der Waals surface area (Å²) >= 11 is 0. The van der Waals surface area contributed by atoms with Gasteiger partial charge >= 0.3 is 12.1 Å². The Bertz CT molecular complexity index is 1190. The number of likely N-dealkylation sites (N-methyl/N-ethyl adjacent to an activating group) is 1. The van der Waals surface area contributed by atoms with Crippen LogP contribution in [0.15, 0.2) is 42.5 Å². The van der Waals surface area contributed by atoms with Gasteiger partial charge in [0.2, 0.25) is 0 Å². The monoisotopic (exact) mass is 464 g/mol. The molecule has 34 heavy (non-hydrogen) atoms. The fraction of sp³-hybridized carbons (Fsp3) is 0.423. The molecule has 2 atom stereocenters. The van der Waals surface area contributed by atoms with Gasteiger partial charge in [-0.05, 0) is 51.6 Å². The first-order valence-electron chi connectivity index (χ1n) is 11.6. The van der Waals surface area contributed by atoms with Crippen LogP contribution in [0.2, 0.25) is 0 Å². The van der Waals surface area contributed by atoms with Crippen molar-refractivity contribution in [1.82, 2.24) is 14.5 Å². The lowest BCUT2D eigenvalue weighted by molar-refractivity contribution is -0.138. The summed E-state index contributed by atoms with van der Waals surface area (Å²) < 4.78 is 7.18. The first kappa shape index (κ1) is 23.8. The molecular formula is C26H32N4O4. The highest BCUT2D eigenvalue weighted by Crippen LogP contribution is 2.37. The van der Waals surface area contributed by atoms with Crippen molar-refractivity contribution >= 4 is 28.8 Å². The highest BCUT2D eigenvalue weighted by Gasteiger charge is 2.32. The highest BCUT2D eigenvalue weighted by molar-refractivity contribution is 5.95. The summed E-state index contributed by atoms with van der Waals surface area (Å²) in [6.07, 6.45) is 1.51. The van der Waals surface area contributed by atoms with Crippen LogP contribution in [-0.2, 0) is 28.9 Å². The number of imidazole rings is 1. The van der Waals surface area contributed by atoms with Crippen molar-refractivity contribution in [3.8, 4) is 0 Å². The number of aromatic nitrogens is 2. The lowest BCUT2D eigenvalue weighted by atomic mass is 9.95. The molecule has 0 fully saturated rings. The Morgan fingerprint density at radius 1 is 1.21 bits per heavy atom. The second kappa shape index (κ2) is 9.85.